The third kappa shape index (κ3) is 13.4. The number of hydrogen-bond donors (Lipinski definition) is 0. The minimum Gasteiger partial charge on any atom is -0.494 e. The van der Waals surface area contributed by atoms with Gasteiger partial charge >= 0.3 is 11.9 Å². The Balaban J connectivity index is 1.38. The maximum atomic E-state index is 12.8. The van der Waals surface area contributed by atoms with Crippen molar-refractivity contribution < 1.29 is 38.0 Å². The lowest BCUT2D eigenvalue weighted by Crippen LogP contribution is -2.10. The molecule has 8 heteroatoms. The lowest BCUT2D eigenvalue weighted by molar-refractivity contribution is -0.137. The number of esters is 2. The summed E-state index contributed by atoms with van der Waals surface area (Å²) in [6.45, 7) is 9.12. The molecule has 0 aliphatic carbocycles. The Morgan fingerprint density at radius 3 is 1.82 bits per heavy atom. The highest BCUT2D eigenvalue weighted by Crippen LogP contribution is 2.26. The van der Waals surface area contributed by atoms with E-state index in [4.69, 9.17) is 28.4 Å². The molecule has 45 heavy (non-hydrogen) atoms. The van der Waals surface area contributed by atoms with Crippen LogP contribution in [0.3, 0.4) is 0 Å². The summed E-state index contributed by atoms with van der Waals surface area (Å²) in [6, 6.07) is 19.6. The van der Waals surface area contributed by atoms with Crippen molar-refractivity contribution in [1.82, 2.24) is 0 Å². The molecule has 8 nitrogen and oxygen atoms in total. The summed E-state index contributed by atoms with van der Waals surface area (Å²) in [6.07, 6.45) is 10.6. The van der Waals surface area contributed by atoms with Crippen LogP contribution < -0.4 is 23.7 Å². The molecule has 0 fully saturated rings. The van der Waals surface area contributed by atoms with Crippen LogP contribution in [0, 0.1) is 0 Å². The Kier molecular flexibility index (Phi) is 15.9. The predicted molar refractivity (Wildman–Crippen MR) is 175 cm³/mol. The molecular formula is C37H46O8. The van der Waals surface area contributed by atoms with Crippen molar-refractivity contribution in [3.05, 3.63) is 90.5 Å². The van der Waals surface area contributed by atoms with Crippen molar-refractivity contribution in [3.8, 4) is 28.7 Å². The summed E-state index contributed by atoms with van der Waals surface area (Å²) in [5, 5.41) is 0. The summed E-state index contributed by atoms with van der Waals surface area (Å²) in [5.41, 5.74) is 1.25. The highest BCUT2D eigenvalue weighted by Gasteiger charge is 2.13. The summed E-state index contributed by atoms with van der Waals surface area (Å²) in [7, 11) is 0. The van der Waals surface area contributed by atoms with Crippen LogP contribution in [-0.2, 0) is 16.0 Å². The van der Waals surface area contributed by atoms with Gasteiger partial charge in [0.05, 0.1) is 25.4 Å². The highest BCUT2D eigenvalue weighted by atomic mass is 16.7. The van der Waals surface area contributed by atoms with E-state index < -0.39 is 11.9 Å². The van der Waals surface area contributed by atoms with Crippen molar-refractivity contribution in [3.63, 3.8) is 0 Å². The topological polar surface area (TPSA) is 89.5 Å². The van der Waals surface area contributed by atoms with E-state index in [2.05, 4.69) is 13.5 Å². The van der Waals surface area contributed by atoms with Crippen LogP contribution in [0.4, 0.5) is 0 Å². The SMILES string of the molecule is C=CC(=O)OCCCCOc1ccc(C(=O)Oc2ccc(OCOc3ccc(OCCCCCCCC)cc3)cc2CC)cc1. The van der Waals surface area contributed by atoms with Gasteiger partial charge in [0, 0.05) is 6.08 Å². The Bertz CT molecular complexity index is 1300. The molecular weight excluding hydrogens is 572 g/mol. The normalized spacial score (nSPS) is 10.5. The van der Waals surface area contributed by atoms with Gasteiger partial charge in [-0.3, -0.25) is 0 Å². The molecule has 3 aromatic rings. The van der Waals surface area contributed by atoms with Crippen molar-refractivity contribution in [1.29, 1.82) is 0 Å². The molecule has 0 unspecified atom stereocenters. The maximum absolute atomic E-state index is 12.8. The molecule has 0 aliphatic heterocycles. The zero-order chi connectivity index (χ0) is 32.1. The summed E-state index contributed by atoms with van der Waals surface area (Å²) in [4.78, 5) is 23.8. The van der Waals surface area contributed by atoms with Crippen molar-refractivity contribution in [2.75, 3.05) is 26.6 Å². The predicted octanol–water partition coefficient (Wildman–Crippen LogP) is 8.51. The first-order valence-corrected chi connectivity index (χ1v) is 15.9. The molecule has 0 aromatic heterocycles. The number of rotatable bonds is 22. The minimum absolute atomic E-state index is 0.0391. The Hall–Kier alpha value is -4.46. The van der Waals surface area contributed by atoms with Gasteiger partial charge in [-0.05, 0) is 98.0 Å². The zero-order valence-corrected chi connectivity index (χ0v) is 26.6. The molecule has 0 spiro atoms. The molecule has 0 saturated heterocycles. The van der Waals surface area contributed by atoms with E-state index >= 15 is 0 Å². The number of carbonyl (C=O) groups excluding carboxylic acids is 2. The summed E-state index contributed by atoms with van der Waals surface area (Å²) < 4.78 is 33.7. The van der Waals surface area contributed by atoms with Gasteiger partial charge in [0.15, 0.2) is 0 Å². The fraction of sp³-hybridized carbons (Fsp3) is 0.405. The quantitative estimate of drug-likeness (QED) is 0.0364. The molecule has 0 amide bonds. The van der Waals surface area contributed by atoms with Crippen molar-refractivity contribution in [2.24, 2.45) is 0 Å². The van der Waals surface area contributed by atoms with E-state index in [-0.39, 0.29) is 6.79 Å². The Morgan fingerprint density at radius 1 is 0.644 bits per heavy atom. The largest absolute Gasteiger partial charge is 0.494 e. The van der Waals surface area contributed by atoms with Gasteiger partial charge in [-0.15, -0.1) is 0 Å². The second-order valence-corrected chi connectivity index (χ2v) is 10.5. The molecule has 0 saturated carbocycles. The average Bonchev–Trinajstić information content (AvgIpc) is 3.07. The maximum Gasteiger partial charge on any atom is 0.343 e. The van der Waals surface area contributed by atoms with E-state index in [0.29, 0.717) is 54.6 Å². The van der Waals surface area contributed by atoms with E-state index in [9.17, 15) is 9.59 Å². The number of ether oxygens (including phenoxy) is 6. The third-order valence-electron chi connectivity index (χ3n) is 6.97. The van der Waals surface area contributed by atoms with Gasteiger partial charge in [0.2, 0.25) is 6.79 Å². The first-order chi connectivity index (χ1) is 22.0. The van der Waals surface area contributed by atoms with Crippen LogP contribution in [0.5, 0.6) is 28.7 Å². The summed E-state index contributed by atoms with van der Waals surface area (Å²) >= 11 is 0. The van der Waals surface area contributed by atoms with Crippen LogP contribution in [0.2, 0.25) is 0 Å². The van der Waals surface area contributed by atoms with Gasteiger partial charge in [-0.1, -0.05) is 52.5 Å². The smallest absolute Gasteiger partial charge is 0.343 e. The van der Waals surface area contributed by atoms with Crippen molar-refractivity contribution >= 4 is 11.9 Å². The molecule has 0 bridgehead atoms. The number of hydrogen-bond acceptors (Lipinski definition) is 8. The van der Waals surface area contributed by atoms with Crippen LogP contribution in [0.15, 0.2) is 79.4 Å². The third-order valence-corrected chi connectivity index (χ3v) is 6.97. The van der Waals surface area contributed by atoms with Crippen LogP contribution in [0.25, 0.3) is 0 Å². The van der Waals surface area contributed by atoms with E-state index in [1.54, 1.807) is 36.4 Å². The van der Waals surface area contributed by atoms with Crippen molar-refractivity contribution in [2.45, 2.75) is 71.6 Å². The molecule has 0 atom stereocenters. The number of aryl methyl sites for hydroxylation is 1. The first-order valence-electron chi connectivity index (χ1n) is 15.9. The lowest BCUT2D eigenvalue weighted by Gasteiger charge is -2.13. The molecule has 0 aliphatic rings. The number of carbonyl (C=O) groups is 2. The van der Waals surface area contributed by atoms with Gasteiger partial charge in [-0.2, -0.15) is 0 Å². The second-order valence-electron chi connectivity index (χ2n) is 10.5. The van der Waals surface area contributed by atoms with Gasteiger partial charge in [0.25, 0.3) is 0 Å². The Morgan fingerprint density at radius 2 is 1.18 bits per heavy atom. The molecule has 242 valence electrons. The van der Waals surface area contributed by atoms with Crippen LogP contribution >= 0.6 is 0 Å². The summed E-state index contributed by atoms with van der Waals surface area (Å²) in [5.74, 6) is 2.36. The minimum atomic E-state index is -0.461. The fourth-order valence-corrected chi connectivity index (χ4v) is 4.36. The van der Waals surface area contributed by atoms with Crippen LogP contribution in [0.1, 0.15) is 81.1 Å². The molecule has 3 aromatic carbocycles. The first kappa shape index (κ1) is 35.0. The molecule has 0 heterocycles. The highest BCUT2D eigenvalue weighted by molar-refractivity contribution is 5.91. The Labute approximate surface area is 267 Å². The standard InChI is InChI=1S/C37H46O8/c1-4-7-8-9-10-11-24-40-32-18-20-33(21-19-32)43-28-44-34-22-23-35(29(5-2)27-34)45-37(39)30-14-16-31(17-15-30)41-25-12-13-26-42-36(38)6-3/h6,14-23,27H,3-5,7-13,24-26,28H2,1-2H3. The van der Waals surface area contributed by atoms with Gasteiger partial charge in [-0.25, -0.2) is 9.59 Å². The number of benzene rings is 3. The van der Waals surface area contributed by atoms with Gasteiger partial charge in [0.1, 0.15) is 28.7 Å². The molecule has 3 rings (SSSR count). The monoisotopic (exact) mass is 618 g/mol. The van der Waals surface area contributed by atoms with E-state index in [1.165, 1.54) is 32.1 Å². The zero-order valence-electron chi connectivity index (χ0n) is 26.6. The second kappa shape index (κ2) is 20.5. The fourth-order valence-electron chi connectivity index (χ4n) is 4.36. The average molecular weight is 619 g/mol. The number of unbranched alkanes of at least 4 members (excludes halogenated alkanes) is 6. The lowest BCUT2D eigenvalue weighted by atomic mass is 10.1. The van der Waals surface area contributed by atoms with E-state index in [0.717, 1.165) is 36.8 Å². The molecule has 0 radical (unpaired) electrons. The molecule has 0 N–H and O–H groups in total. The van der Waals surface area contributed by atoms with Crippen LogP contribution in [-0.4, -0.2) is 38.6 Å². The van der Waals surface area contributed by atoms with E-state index in [1.807, 2.05) is 37.3 Å². The van der Waals surface area contributed by atoms with Gasteiger partial charge < -0.3 is 28.4 Å².